The molecular weight excluding hydrogens is 266 g/mol. The van der Waals surface area contributed by atoms with Gasteiger partial charge in [0.2, 0.25) is 0 Å². The number of carbonyl (C=O) groups is 2. The average Bonchev–Trinajstić information content (AvgIpc) is 2.38. The molecule has 1 aromatic carbocycles. The number of carboxylic acid groups (broad SMARTS) is 1. The zero-order valence-electron chi connectivity index (χ0n) is 11.3. The standard InChI is InChI=1S/C14H18ClNO3/c1-4-14(3,13(18)19)8-16-12(17)11-7-10(15)6-5-9(11)2/h5-7H,4,8H2,1-3H3,(H,16,17)(H,18,19). The van der Waals surface area contributed by atoms with Gasteiger partial charge in [-0.15, -0.1) is 0 Å². The van der Waals surface area contributed by atoms with Crippen LogP contribution in [0.2, 0.25) is 5.02 Å². The van der Waals surface area contributed by atoms with E-state index in [1.54, 1.807) is 39.0 Å². The molecule has 1 aromatic rings. The second-order valence-electron chi connectivity index (χ2n) is 4.86. The van der Waals surface area contributed by atoms with Gasteiger partial charge in [0.05, 0.1) is 5.41 Å². The Morgan fingerprint density at radius 2 is 2.05 bits per heavy atom. The van der Waals surface area contributed by atoms with Crippen molar-refractivity contribution in [2.45, 2.75) is 27.2 Å². The van der Waals surface area contributed by atoms with Crippen LogP contribution in [-0.4, -0.2) is 23.5 Å². The maximum Gasteiger partial charge on any atom is 0.311 e. The van der Waals surface area contributed by atoms with E-state index in [9.17, 15) is 9.59 Å². The number of hydrogen-bond acceptors (Lipinski definition) is 2. The number of benzene rings is 1. The van der Waals surface area contributed by atoms with Crippen molar-refractivity contribution in [3.8, 4) is 0 Å². The lowest BCUT2D eigenvalue weighted by Gasteiger charge is -2.23. The number of carbonyl (C=O) groups excluding carboxylic acids is 1. The van der Waals surface area contributed by atoms with Gasteiger partial charge >= 0.3 is 5.97 Å². The lowest BCUT2D eigenvalue weighted by molar-refractivity contribution is -0.147. The molecular formula is C14H18ClNO3. The Labute approximate surface area is 117 Å². The van der Waals surface area contributed by atoms with Crippen LogP contribution in [0.3, 0.4) is 0 Å². The van der Waals surface area contributed by atoms with E-state index in [1.165, 1.54) is 0 Å². The van der Waals surface area contributed by atoms with E-state index in [0.717, 1.165) is 5.56 Å². The van der Waals surface area contributed by atoms with E-state index < -0.39 is 11.4 Å². The SMILES string of the molecule is CCC(C)(CNC(=O)c1cc(Cl)ccc1C)C(=O)O. The van der Waals surface area contributed by atoms with Gasteiger partial charge in [-0.3, -0.25) is 9.59 Å². The molecule has 0 saturated carbocycles. The summed E-state index contributed by atoms with van der Waals surface area (Å²) in [4.78, 5) is 23.2. The maximum absolute atomic E-state index is 12.0. The number of aryl methyl sites for hydroxylation is 1. The first kappa shape index (κ1) is 15.5. The number of aliphatic carboxylic acids is 1. The summed E-state index contributed by atoms with van der Waals surface area (Å²) in [6.07, 6.45) is 0.442. The zero-order valence-corrected chi connectivity index (χ0v) is 12.0. The van der Waals surface area contributed by atoms with Crippen LogP contribution in [0.4, 0.5) is 0 Å². The Hall–Kier alpha value is -1.55. The molecule has 1 atom stereocenters. The van der Waals surface area contributed by atoms with Gasteiger partial charge < -0.3 is 10.4 Å². The van der Waals surface area contributed by atoms with Crippen molar-refractivity contribution in [3.05, 3.63) is 34.3 Å². The minimum atomic E-state index is -0.956. The highest BCUT2D eigenvalue weighted by atomic mass is 35.5. The molecule has 0 radical (unpaired) electrons. The average molecular weight is 284 g/mol. The second kappa shape index (κ2) is 6.06. The Balaban J connectivity index is 2.81. The third-order valence-electron chi connectivity index (χ3n) is 3.38. The predicted molar refractivity (Wildman–Crippen MR) is 74.6 cm³/mol. The maximum atomic E-state index is 12.0. The minimum absolute atomic E-state index is 0.0869. The molecule has 4 nitrogen and oxygen atoms in total. The fraction of sp³-hybridized carbons (Fsp3) is 0.429. The van der Waals surface area contributed by atoms with Crippen LogP contribution in [-0.2, 0) is 4.79 Å². The lowest BCUT2D eigenvalue weighted by atomic mass is 9.87. The molecule has 0 aliphatic rings. The summed E-state index contributed by atoms with van der Waals surface area (Å²) in [5.41, 5.74) is 0.314. The molecule has 1 amide bonds. The molecule has 0 aromatic heterocycles. The Bertz CT molecular complexity index is 501. The van der Waals surface area contributed by atoms with Crippen molar-refractivity contribution < 1.29 is 14.7 Å². The highest BCUT2D eigenvalue weighted by Gasteiger charge is 2.31. The first-order valence-corrected chi connectivity index (χ1v) is 6.45. The molecule has 0 heterocycles. The monoisotopic (exact) mass is 283 g/mol. The molecule has 2 N–H and O–H groups in total. The summed E-state index contributed by atoms with van der Waals surface area (Å²) in [5.74, 6) is -1.22. The van der Waals surface area contributed by atoms with Gasteiger partial charge in [-0.25, -0.2) is 0 Å². The molecule has 1 unspecified atom stereocenters. The smallest absolute Gasteiger partial charge is 0.311 e. The van der Waals surface area contributed by atoms with E-state index >= 15 is 0 Å². The van der Waals surface area contributed by atoms with Gasteiger partial charge in [0.15, 0.2) is 0 Å². The van der Waals surface area contributed by atoms with E-state index in [-0.39, 0.29) is 12.5 Å². The molecule has 0 saturated heterocycles. The minimum Gasteiger partial charge on any atom is -0.481 e. The van der Waals surface area contributed by atoms with Crippen LogP contribution >= 0.6 is 11.6 Å². The molecule has 0 fully saturated rings. The number of hydrogen-bond donors (Lipinski definition) is 2. The number of carboxylic acids is 1. The van der Waals surface area contributed by atoms with Crippen molar-refractivity contribution in [2.24, 2.45) is 5.41 Å². The van der Waals surface area contributed by atoms with Crippen LogP contribution < -0.4 is 5.32 Å². The van der Waals surface area contributed by atoms with Gasteiger partial charge in [0, 0.05) is 17.1 Å². The van der Waals surface area contributed by atoms with Gasteiger partial charge in [-0.05, 0) is 38.0 Å². The number of amides is 1. The van der Waals surface area contributed by atoms with Crippen LogP contribution in [0.15, 0.2) is 18.2 Å². The lowest BCUT2D eigenvalue weighted by Crippen LogP contribution is -2.40. The van der Waals surface area contributed by atoms with Crippen LogP contribution in [0, 0.1) is 12.3 Å². The molecule has 104 valence electrons. The Morgan fingerprint density at radius 1 is 1.42 bits per heavy atom. The highest BCUT2D eigenvalue weighted by Crippen LogP contribution is 2.21. The van der Waals surface area contributed by atoms with Crippen molar-refractivity contribution in [1.29, 1.82) is 0 Å². The zero-order chi connectivity index (χ0) is 14.6. The van der Waals surface area contributed by atoms with Crippen molar-refractivity contribution in [3.63, 3.8) is 0 Å². The van der Waals surface area contributed by atoms with Crippen molar-refractivity contribution >= 4 is 23.5 Å². The molecule has 1 rings (SSSR count). The second-order valence-corrected chi connectivity index (χ2v) is 5.30. The van der Waals surface area contributed by atoms with Gasteiger partial charge in [-0.1, -0.05) is 24.6 Å². The molecule has 0 bridgehead atoms. The summed E-state index contributed by atoms with van der Waals surface area (Å²) in [6, 6.07) is 5.05. The molecule has 0 aliphatic carbocycles. The highest BCUT2D eigenvalue weighted by molar-refractivity contribution is 6.31. The van der Waals surface area contributed by atoms with E-state index in [2.05, 4.69) is 5.32 Å². The fourth-order valence-electron chi connectivity index (χ4n) is 1.56. The first-order valence-electron chi connectivity index (χ1n) is 6.08. The van der Waals surface area contributed by atoms with Crippen LogP contribution in [0.25, 0.3) is 0 Å². The van der Waals surface area contributed by atoms with E-state index in [0.29, 0.717) is 17.0 Å². The first-order chi connectivity index (χ1) is 8.80. The van der Waals surface area contributed by atoms with Gasteiger partial charge in [0.25, 0.3) is 5.91 Å². The van der Waals surface area contributed by atoms with E-state index in [4.69, 9.17) is 16.7 Å². The quantitative estimate of drug-likeness (QED) is 0.873. The fourth-order valence-corrected chi connectivity index (χ4v) is 1.73. The van der Waals surface area contributed by atoms with Gasteiger partial charge in [0.1, 0.15) is 0 Å². The largest absolute Gasteiger partial charge is 0.481 e. The molecule has 19 heavy (non-hydrogen) atoms. The summed E-state index contributed by atoms with van der Waals surface area (Å²) < 4.78 is 0. The third-order valence-corrected chi connectivity index (χ3v) is 3.62. The summed E-state index contributed by atoms with van der Waals surface area (Å²) in [5, 5.41) is 12.3. The van der Waals surface area contributed by atoms with Crippen LogP contribution in [0.1, 0.15) is 36.2 Å². The number of nitrogens with one attached hydrogen (secondary N) is 1. The van der Waals surface area contributed by atoms with E-state index in [1.807, 2.05) is 0 Å². The number of rotatable bonds is 5. The topological polar surface area (TPSA) is 66.4 Å². The van der Waals surface area contributed by atoms with Crippen LogP contribution in [0.5, 0.6) is 0 Å². The van der Waals surface area contributed by atoms with Crippen molar-refractivity contribution in [1.82, 2.24) is 5.32 Å². The van der Waals surface area contributed by atoms with Crippen molar-refractivity contribution in [2.75, 3.05) is 6.54 Å². The third kappa shape index (κ3) is 3.70. The summed E-state index contributed by atoms with van der Waals surface area (Å²) in [6.45, 7) is 5.29. The predicted octanol–water partition coefficient (Wildman–Crippen LogP) is 2.88. The van der Waals surface area contributed by atoms with Gasteiger partial charge in [-0.2, -0.15) is 0 Å². The number of halogens is 1. The molecule has 0 spiro atoms. The Morgan fingerprint density at radius 3 is 2.58 bits per heavy atom. The summed E-state index contributed by atoms with van der Waals surface area (Å²) in [7, 11) is 0. The molecule has 5 heteroatoms. The normalized spacial score (nSPS) is 13.7. The summed E-state index contributed by atoms with van der Waals surface area (Å²) >= 11 is 5.85. The Kier molecular flexibility index (Phi) is 4.95. The molecule has 0 aliphatic heterocycles.